The monoisotopic (exact) mass is 331 g/mol. The molecule has 6 heteroatoms. The molecule has 0 saturated carbocycles. The molecule has 4 aromatic rings. The molecular formula is C19H13N3O3. The molecule has 0 radical (unpaired) electrons. The summed E-state index contributed by atoms with van der Waals surface area (Å²) in [6.07, 6.45) is 0. The minimum absolute atomic E-state index is 0.0998. The highest BCUT2D eigenvalue weighted by molar-refractivity contribution is 6.02. The number of aromatic nitrogens is 3. The molecule has 0 bridgehead atoms. The average molecular weight is 331 g/mol. The maximum atomic E-state index is 11.7. The number of aromatic hydroxyl groups is 1. The Morgan fingerprint density at radius 3 is 2.32 bits per heavy atom. The molecule has 2 aromatic carbocycles. The smallest absolute Gasteiger partial charge is 0.338 e. The number of phenols is 1. The van der Waals surface area contributed by atoms with Crippen LogP contribution in [-0.4, -0.2) is 31.1 Å². The van der Waals surface area contributed by atoms with E-state index in [-0.39, 0.29) is 11.3 Å². The van der Waals surface area contributed by atoms with Crippen LogP contribution < -0.4 is 0 Å². The number of nitrogens with one attached hydrogen (secondary N) is 1. The third kappa shape index (κ3) is 2.70. The predicted molar refractivity (Wildman–Crippen MR) is 93.4 cm³/mol. The quantitative estimate of drug-likeness (QED) is 0.531. The largest absolute Gasteiger partial charge is 0.508 e. The van der Waals surface area contributed by atoms with Gasteiger partial charge in [0.1, 0.15) is 11.6 Å². The zero-order chi connectivity index (χ0) is 17.4. The zero-order valence-electron chi connectivity index (χ0n) is 13.0. The fraction of sp³-hybridized carbons (Fsp3) is 0. The number of hydrogen-bond acceptors (Lipinski definition) is 4. The number of rotatable bonds is 3. The summed E-state index contributed by atoms with van der Waals surface area (Å²) in [5.41, 5.74) is 2.85. The van der Waals surface area contributed by atoms with E-state index < -0.39 is 5.97 Å². The SMILES string of the molecule is O=C(O)c1cc(-c2ccc(O)cc2)nc2nc(-c3ccccc3)[nH]c12. The van der Waals surface area contributed by atoms with Crippen LogP contribution in [0.3, 0.4) is 0 Å². The highest BCUT2D eigenvalue weighted by atomic mass is 16.4. The van der Waals surface area contributed by atoms with E-state index in [1.807, 2.05) is 30.3 Å². The van der Waals surface area contributed by atoms with Crippen LogP contribution in [0.25, 0.3) is 33.8 Å². The number of fused-ring (bicyclic) bond motifs is 1. The Balaban J connectivity index is 1.93. The molecule has 4 rings (SSSR count). The van der Waals surface area contributed by atoms with Crippen LogP contribution in [-0.2, 0) is 0 Å². The highest BCUT2D eigenvalue weighted by Crippen LogP contribution is 2.27. The molecule has 25 heavy (non-hydrogen) atoms. The Hall–Kier alpha value is -3.67. The van der Waals surface area contributed by atoms with Crippen molar-refractivity contribution in [3.63, 3.8) is 0 Å². The first-order valence-electron chi connectivity index (χ1n) is 7.61. The number of aromatic amines is 1. The molecule has 0 fully saturated rings. The van der Waals surface area contributed by atoms with Gasteiger partial charge in [0.2, 0.25) is 0 Å². The third-order valence-corrected chi connectivity index (χ3v) is 3.90. The number of phenolic OH excluding ortho intramolecular Hbond substituents is 1. The van der Waals surface area contributed by atoms with Gasteiger partial charge in [0, 0.05) is 11.1 Å². The number of nitrogens with zero attached hydrogens (tertiary/aromatic N) is 2. The van der Waals surface area contributed by atoms with Crippen molar-refractivity contribution in [1.82, 2.24) is 15.0 Å². The van der Waals surface area contributed by atoms with Crippen LogP contribution in [0.2, 0.25) is 0 Å². The molecule has 122 valence electrons. The third-order valence-electron chi connectivity index (χ3n) is 3.90. The van der Waals surface area contributed by atoms with Gasteiger partial charge in [-0.15, -0.1) is 0 Å². The number of carbonyl (C=O) groups is 1. The lowest BCUT2D eigenvalue weighted by Gasteiger charge is -2.03. The van der Waals surface area contributed by atoms with Crippen LogP contribution in [0.4, 0.5) is 0 Å². The zero-order valence-corrected chi connectivity index (χ0v) is 13.0. The van der Waals surface area contributed by atoms with Crippen LogP contribution in [0.15, 0.2) is 60.7 Å². The Morgan fingerprint density at radius 1 is 0.920 bits per heavy atom. The molecule has 0 aliphatic rings. The number of H-pyrrole nitrogens is 1. The van der Waals surface area contributed by atoms with E-state index in [1.165, 1.54) is 18.2 Å². The summed E-state index contributed by atoms with van der Waals surface area (Å²) in [7, 11) is 0. The number of carboxylic acids is 1. The van der Waals surface area contributed by atoms with Crippen molar-refractivity contribution in [2.45, 2.75) is 0 Å². The van der Waals surface area contributed by atoms with E-state index in [1.54, 1.807) is 12.1 Å². The van der Waals surface area contributed by atoms with Gasteiger partial charge in [-0.1, -0.05) is 30.3 Å². The fourth-order valence-electron chi connectivity index (χ4n) is 2.67. The van der Waals surface area contributed by atoms with E-state index in [9.17, 15) is 15.0 Å². The van der Waals surface area contributed by atoms with Gasteiger partial charge in [0.25, 0.3) is 0 Å². The Morgan fingerprint density at radius 2 is 1.64 bits per heavy atom. The van der Waals surface area contributed by atoms with E-state index in [0.29, 0.717) is 28.2 Å². The number of imidazole rings is 1. The number of benzene rings is 2. The van der Waals surface area contributed by atoms with Crippen LogP contribution in [0.1, 0.15) is 10.4 Å². The summed E-state index contributed by atoms with van der Waals surface area (Å²) in [6.45, 7) is 0. The molecule has 0 amide bonds. The lowest BCUT2D eigenvalue weighted by atomic mass is 10.1. The van der Waals surface area contributed by atoms with Crippen molar-refractivity contribution in [2.75, 3.05) is 0 Å². The Kier molecular flexibility index (Phi) is 3.43. The van der Waals surface area contributed by atoms with Crippen molar-refractivity contribution in [3.8, 4) is 28.4 Å². The van der Waals surface area contributed by atoms with Gasteiger partial charge in [-0.25, -0.2) is 14.8 Å². The second kappa shape index (κ2) is 5.76. The van der Waals surface area contributed by atoms with Crippen molar-refractivity contribution in [2.24, 2.45) is 0 Å². The van der Waals surface area contributed by atoms with Crippen molar-refractivity contribution < 1.29 is 15.0 Å². The number of carboxylic acid groups (broad SMARTS) is 1. The summed E-state index contributed by atoms with van der Waals surface area (Å²) >= 11 is 0. The summed E-state index contributed by atoms with van der Waals surface area (Å²) in [6, 6.07) is 17.4. The fourth-order valence-corrected chi connectivity index (χ4v) is 2.67. The van der Waals surface area contributed by atoms with E-state index >= 15 is 0 Å². The summed E-state index contributed by atoms with van der Waals surface area (Å²) in [4.78, 5) is 23.7. The number of aromatic carboxylic acids is 1. The first-order valence-corrected chi connectivity index (χ1v) is 7.61. The first kappa shape index (κ1) is 14.9. The molecule has 2 aromatic heterocycles. The summed E-state index contributed by atoms with van der Waals surface area (Å²) in [5.74, 6) is -0.362. The van der Waals surface area contributed by atoms with Gasteiger partial charge < -0.3 is 15.2 Å². The normalized spacial score (nSPS) is 10.9. The summed E-state index contributed by atoms with van der Waals surface area (Å²) < 4.78 is 0. The first-order chi connectivity index (χ1) is 12.1. The van der Waals surface area contributed by atoms with Gasteiger partial charge >= 0.3 is 5.97 Å². The van der Waals surface area contributed by atoms with Crippen LogP contribution in [0.5, 0.6) is 5.75 Å². The second-order valence-corrected chi connectivity index (χ2v) is 5.56. The molecule has 3 N–H and O–H groups in total. The lowest BCUT2D eigenvalue weighted by Crippen LogP contribution is -2.00. The molecule has 0 spiro atoms. The van der Waals surface area contributed by atoms with E-state index in [0.717, 1.165) is 5.56 Å². The molecular weight excluding hydrogens is 318 g/mol. The predicted octanol–water partition coefficient (Wildman–Crippen LogP) is 3.70. The van der Waals surface area contributed by atoms with Gasteiger partial charge in [-0.05, 0) is 30.3 Å². The minimum Gasteiger partial charge on any atom is -0.508 e. The molecule has 6 nitrogen and oxygen atoms in total. The highest BCUT2D eigenvalue weighted by Gasteiger charge is 2.17. The Labute approximate surface area is 142 Å². The summed E-state index contributed by atoms with van der Waals surface area (Å²) in [5, 5.41) is 19.0. The van der Waals surface area contributed by atoms with E-state index in [4.69, 9.17) is 0 Å². The van der Waals surface area contributed by atoms with E-state index in [2.05, 4.69) is 15.0 Å². The van der Waals surface area contributed by atoms with Gasteiger partial charge in [-0.2, -0.15) is 0 Å². The van der Waals surface area contributed by atoms with Crippen molar-refractivity contribution in [3.05, 3.63) is 66.2 Å². The maximum Gasteiger partial charge on any atom is 0.338 e. The van der Waals surface area contributed by atoms with Crippen LogP contribution >= 0.6 is 0 Å². The standard InChI is InChI=1S/C19H13N3O3/c23-13-8-6-11(7-9-13)15-10-14(19(24)25)16-18(20-15)22-17(21-16)12-4-2-1-3-5-12/h1-10,23H,(H,24,25)(H,20,21,22). The minimum atomic E-state index is -1.06. The maximum absolute atomic E-state index is 11.7. The average Bonchev–Trinajstić information content (AvgIpc) is 3.06. The lowest BCUT2D eigenvalue weighted by molar-refractivity contribution is 0.0699. The Bertz CT molecular complexity index is 1070. The van der Waals surface area contributed by atoms with Gasteiger partial charge in [-0.3, -0.25) is 0 Å². The van der Waals surface area contributed by atoms with Crippen molar-refractivity contribution in [1.29, 1.82) is 0 Å². The molecule has 0 aliphatic carbocycles. The number of hydrogen-bond donors (Lipinski definition) is 3. The van der Waals surface area contributed by atoms with Crippen molar-refractivity contribution >= 4 is 17.1 Å². The number of pyridine rings is 1. The molecule has 2 heterocycles. The van der Waals surface area contributed by atoms with Gasteiger partial charge in [0.05, 0.1) is 16.8 Å². The molecule has 0 saturated heterocycles. The topological polar surface area (TPSA) is 99.1 Å². The molecule has 0 atom stereocenters. The molecule has 0 unspecified atom stereocenters. The second-order valence-electron chi connectivity index (χ2n) is 5.56. The van der Waals surface area contributed by atoms with Gasteiger partial charge in [0.15, 0.2) is 5.65 Å². The molecule has 0 aliphatic heterocycles. The van der Waals surface area contributed by atoms with Crippen LogP contribution in [0, 0.1) is 0 Å².